The van der Waals surface area contributed by atoms with Crippen LogP contribution in [-0.2, 0) is 4.79 Å². The fraction of sp³-hybridized carbons (Fsp3) is 0.296. The number of hydrogen-bond acceptors (Lipinski definition) is 6. The number of pyridine rings is 3. The zero-order valence-corrected chi connectivity index (χ0v) is 20.4. The van der Waals surface area contributed by atoms with Crippen LogP contribution in [0.15, 0.2) is 49.1 Å². The Morgan fingerprint density at radius 3 is 2.64 bits per heavy atom. The van der Waals surface area contributed by atoms with Gasteiger partial charge in [0.25, 0.3) is 0 Å². The summed E-state index contributed by atoms with van der Waals surface area (Å²) < 4.78 is 0. The molecular weight excluding hydrogens is 452 g/mol. The summed E-state index contributed by atoms with van der Waals surface area (Å²) in [6.07, 6.45) is 10.8. The topological polar surface area (TPSA) is 115 Å². The van der Waals surface area contributed by atoms with Crippen LogP contribution in [0.25, 0.3) is 44.6 Å². The third kappa shape index (κ3) is 4.06. The number of carbonyl (C=O) groups is 1. The molecule has 1 aliphatic heterocycles. The van der Waals surface area contributed by atoms with E-state index in [1.54, 1.807) is 18.6 Å². The molecule has 1 aliphatic rings. The molecule has 182 valence electrons. The summed E-state index contributed by atoms with van der Waals surface area (Å²) in [6.45, 7) is 5.87. The second-order valence-corrected chi connectivity index (χ2v) is 9.62. The number of fused-ring (bicyclic) bond motifs is 2. The monoisotopic (exact) mass is 480 g/mol. The van der Waals surface area contributed by atoms with Crippen LogP contribution in [0.4, 0.5) is 11.4 Å². The first-order chi connectivity index (χ1) is 17.6. The van der Waals surface area contributed by atoms with Crippen molar-refractivity contribution in [3.63, 3.8) is 0 Å². The summed E-state index contributed by atoms with van der Waals surface area (Å²) >= 11 is 0. The number of carbonyl (C=O) groups excluding carboxylic acids is 1. The molecule has 6 rings (SSSR count). The number of aromatic amines is 2. The van der Waals surface area contributed by atoms with Crippen molar-refractivity contribution in [2.24, 2.45) is 5.92 Å². The second kappa shape index (κ2) is 9.07. The molecule has 0 spiro atoms. The van der Waals surface area contributed by atoms with Gasteiger partial charge in [0.2, 0.25) is 5.91 Å². The van der Waals surface area contributed by atoms with E-state index in [0.717, 1.165) is 52.0 Å². The smallest absolute Gasteiger partial charge is 0.226 e. The number of aromatic nitrogens is 6. The highest BCUT2D eigenvalue weighted by Crippen LogP contribution is 2.34. The number of amides is 1. The molecule has 3 N–H and O–H groups in total. The van der Waals surface area contributed by atoms with E-state index < -0.39 is 0 Å². The van der Waals surface area contributed by atoms with Crippen molar-refractivity contribution in [1.29, 1.82) is 0 Å². The van der Waals surface area contributed by atoms with Crippen LogP contribution in [0.2, 0.25) is 0 Å². The van der Waals surface area contributed by atoms with E-state index in [1.807, 2.05) is 26.1 Å². The van der Waals surface area contributed by atoms with Crippen molar-refractivity contribution < 1.29 is 4.79 Å². The van der Waals surface area contributed by atoms with Crippen LogP contribution < -0.4 is 10.2 Å². The first kappa shape index (κ1) is 22.2. The lowest BCUT2D eigenvalue weighted by atomic mass is 10.1. The van der Waals surface area contributed by atoms with E-state index in [1.165, 1.54) is 24.9 Å². The highest BCUT2D eigenvalue weighted by Gasteiger charge is 2.18. The van der Waals surface area contributed by atoms with Gasteiger partial charge >= 0.3 is 0 Å². The third-order valence-corrected chi connectivity index (χ3v) is 6.74. The number of anilines is 2. The molecule has 0 bridgehead atoms. The Morgan fingerprint density at radius 1 is 0.972 bits per heavy atom. The Bertz CT molecular complexity index is 1560. The molecule has 1 fully saturated rings. The van der Waals surface area contributed by atoms with E-state index in [9.17, 15) is 4.79 Å². The van der Waals surface area contributed by atoms with Gasteiger partial charge < -0.3 is 15.2 Å². The predicted molar refractivity (Wildman–Crippen MR) is 142 cm³/mol. The van der Waals surface area contributed by atoms with Crippen molar-refractivity contribution in [3.8, 4) is 22.5 Å². The quantitative estimate of drug-likeness (QED) is 0.320. The fourth-order valence-electron chi connectivity index (χ4n) is 4.77. The van der Waals surface area contributed by atoms with Crippen molar-refractivity contribution in [1.82, 2.24) is 30.1 Å². The van der Waals surface area contributed by atoms with Gasteiger partial charge in [-0.2, -0.15) is 5.10 Å². The van der Waals surface area contributed by atoms with Gasteiger partial charge in [0.15, 0.2) is 5.65 Å². The first-order valence-corrected chi connectivity index (χ1v) is 12.4. The summed E-state index contributed by atoms with van der Waals surface area (Å²) in [4.78, 5) is 31.5. The molecule has 9 heteroatoms. The molecule has 5 aromatic rings. The molecule has 1 saturated heterocycles. The maximum Gasteiger partial charge on any atom is 0.226 e. The Morgan fingerprint density at radius 2 is 1.81 bits per heavy atom. The Kier molecular flexibility index (Phi) is 5.59. The van der Waals surface area contributed by atoms with Gasteiger partial charge in [-0.25, -0.2) is 9.97 Å². The van der Waals surface area contributed by atoms with Gasteiger partial charge in [-0.1, -0.05) is 13.8 Å². The average Bonchev–Trinajstić information content (AvgIpc) is 3.53. The average molecular weight is 481 g/mol. The number of piperidine rings is 1. The molecule has 0 radical (unpaired) electrons. The Hall–Kier alpha value is -4.27. The minimum absolute atomic E-state index is 0.0454. The maximum atomic E-state index is 12.1. The normalized spacial score (nSPS) is 14.1. The van der Waals surface area contributed by atoms with Gasteiger partial charge in [0.1, 0.15) is 11.3 Å². The Balaban J connectivity index is 1.38. The van der Waals surface area contributed by atoms with Crippen molar-refractivity contribution in [3.05, 3.63) is 49.1 Å². The van der Waals surface area contributed by atoms with Crippen LogP contribution in [0.1, 0.15) is 33.1 Å². The molecule has 0 unspecified atom stereocenters. The summed E-state index contributed by atoms with van der Waals surface area (Å²) in [6, 6.07) is 8.20. The zero-order valence-electron chi connectivity index (χ0n) is 20.4. The van der Waals surface area contributed by atoms with Gasteiger partial charge in [-0.3, -0.25) is 14.9 Å². The standard InChI is InChI=1S/C27H28N8O/c1-16(2)27(36)31-19-10-17(13-28-15-19)18-11-21-24(33-34-26(21)30-14-18)22-12-20-23(6-7-29-25(20)32-22)35-8-4-3-5-9-35/h6-7,10-16H,3-5,8-9H2,1-2H3,(H,29,32)(H,31,36)(H,30,33,34). The SMILES string of the molecule is CC(C)C(=O)Nc1cncc(-c2cnc3[nH]nc(-c4cc5c(N6CCCCC6)ccnc5[nH]4)c3c2)c1. The van der Waals surface area contributed by atoms with Crippen LogP contribution in [-0.4, -0.2) is 49.1 Å². The number of H-pyrrole nitrogens is 2. The number of rotatable bonds is 5. The van der Waals surface area contributed by atoms with Gasteiger partial charge in [-0.05, 0) is 43.5 Å². The van der Waals surface area contributed by atoms with Gasteiger partial charge in [0.05, 0.1) is 17.6 Å². The second-order valence-electron chi connectivity index (χ2n) is 9.62. The van der Waals surface area contributed by atoms with Crippen LogP contribution in [0.5, 0.6) is 0 Å². The highest BCUT2D eigenvalue weighted by atomic mass is 16.1. The molecule has 0 atom stereocenters. The summed E-state index contributed by atoms with van der Waals surface area (Å²) in [5.74, 6) is -0.155. The summed E-state index contributed by atoms with van der Waals surface area (Å²) in [5.41, 5.74) is 6.87. The van der Waals surface area contributed by atoms with E-state index in [-0.39, 0.29) is 11.8 Å². The molecule has 0 saturated carbocycles. The molecule has 1 amide bonds. The predicted octanol–water partition coefficient (Wildman–Crippen LogP) is 5.15. The van der Waals surface area contributed by atoms with E-state index >= 15 is 0 Å². The Labute approximate surface area is 208 Å². The fourth-order valence-corrected chi connectivity index (χ4v) is 4.77. The highest BCUT2D eigenvalue weighted by molar-refractivity contribution is 5.99. The largest absolute Gasteiger partial charge is 0.371 e. The molecule has 0 aromatic carbocycles. The van der Waals surface area contributed by atoms with Crippen molar-refractivity contribution in [2.75, 3.05) is 23.3 Å². The van der Waals surface area contributed by atoms with Crippen molar-refractivity contribution >= 4 is 39.3 Å². The van der Waals surface area contributed by atoms with E-state index in [0.29, 0.717) is 11.3 Å². The summed E-state index contributed by atoms with van der Waals surface area (Å²) in [5, 5.41) is 12.5. The molecule has 9 nitrogen and oxygen atoms in total. The lowest BCUT2D eigenvalue weighted by Crippen LogP contribution is -2.29. The van der Waals surface area contributed by atoms with Gasteiger partial charge in [-0.15, -0.1) is 0 Å². The van der Waals surface area contributed by atoms with Crippen molar-refractivity contribution in [2.45, 2.75) is 33.1 Å². The lowest BCUT2D eigenvalue weighted by molar-refractivity contribution is -0.118. The van der Waals surface area contributed by atoms with Crippen LogP contribution >= 0.6 is 0 Å². The number of nitrogens with one attached hydrogen (secondary N) is 3. The van der Waals surface area contributed by atoms with E-state index in [4.69, 9.17) is 0 Å². The molecule has 0 aliphatic carbocycles. The molecule has 5 aromatic heterocycles. The van der Waals surface area contributed by atoms with Gasteiger partial charge in [0, 0.05) is 65.2 Å². The lowest BCUT2D eigenvalue weighted by Gasteiger charge is -2.29. The number of hydrogen-bond donors (Lipinski definition) is 3. The van der Waals surface area contributed by atoms with Crippen LogP contribution in [0, 0.1) is 5.92 Å². The minimum Gasteiger partial charge on any atom is -0.371 e. The third-order valence-electron chi connectivity index (χ3n) is 6.74. The zero-order chi connectivity index (χ0) is 24.6. The van der Waals surface area contributed by atoms with Crippen LogP contribution in [0.3, 0.4) is 0 Å². The minimum atomic E-state index is -0.110. The molecule has 6 heterocycles. The maximum absolute atomic E-state index is 12.1. The molecule has 36 heavy (non-hydrogen) atoms. The first-order valence-electron chi connectivity index (χ1n) is 12.4. The molecular formula is C27H28N8O. The summed E-state index contributed by atoms with van der Waals surface area (Å²) in [7, 11) is 0. The number of nitrogens with zero attached hydrogens (tertiary/aromatic N) is 5. The van der Waals surface area contributed by atoms with E-state index in [2.05, 4.69) is 58.5 Å².